The predicted octanol–water partition coefficient (Wildman–Crippen LogP) is 4.39. The van der Waals surface area contributed by atoms with E-state index in [1.165, 1.54) is 32.1 Å². The summed E-state index contributed by atoms with van der Waals surface area (Å²) in [5, 5.41) is 3.72. The van der Waals surface area contributed by atoms with Gasteiger partial charge in [-0.1, -0.05) is 20.8 Å². The Morgan fingerprint density at radius 1 is 1.26 bits per heavy atom. The first-order chi connectivity index (χ1) is 8.79. The van der Waals surface area contributed by atoms with Crippen LogP contribution < -0.4 is 5.32 Å². The van der Waals surface area contributed by atoms with Crippen LogP contribution in [0.25, 0.3) is 0 Å². The predicted molar refractivity (Wildman–Crippen MR) is 83.5 cm³/mol. The van der Waals surface area contributed by atoms with Crippen LogP contribution in [0, 0.1) is 11.3 Å². The minimum absolute atomic E-state index is 0.0155. The second-order valence-electron chi connectivity index (χ2n) is 7.67. The van der Waals surface area contributed by atoms with Crippen LogP contribution in [0.2, 0.25) is 0 Å². The van der Waals surface area contributed by atoms with Crippen molar-refractivity contribution in [3.05, 3.63) is 0 Å². The van der Waals surface area contributed by atoms with E-state index in [0.717, 1.165) is 18.9 Å². The highest BCUT2D eigenvalue weighted by Gasteiger charge is 2.31. The van der Waals surface area contributed by atoms with Crippen LogP contribution >= 0.6 is 0 Å². The molecule has 0 aromatic carbocycles. The fraction of sp³-hybridized carbons (Fsp3) is 1.00. The summed E-state index contributed by atoms with van der Waals surface area (Å²) in [6, 6.07) is 0.676. The fourth-order valence-electron chi connectivity index (χ4n) is 3.20. The minimum Gasteiger partial charge on any atom is -0.379 e. The van der Waals surface area contributed by atoms with Crippen molar-refractivity contribution in [1.82, 2.24) is 5.32 Å². The van der Waals surface area contributed by atoms with Crippen molar-refractivity contribution in [2.45, 2.75) is 84.8 Å². The van der Waals surface area contributed by atoms with E-state index in [4.69, 9.17) is 4.74 Å². The van der Waals surface area contributed by atoms with E-state index in [9.17, 15) is 0 Å². The smallest absolute Gasteiger partial charge is 0.0623 e. The third-order valence-corrected chi connectivity index (χ3v) is 5.03. The first kappa shape index (κ1) is 17.0. The molecule has 0 aliphatic heterocycles. The van der Waals surface area contributed by atoms with Gasteiger partial charge in [-0.25, -0.2) is 0 Å². The Morgan fingerprint density at radius 3 is 2.32 bits per heavy atom. The number of hydrogen-bond donors (Lipinski definition) is 1. The Morgan fingerprint density at radius 2 is 1.84 bits per heavy atom. The van der Waals surface area contributed by atoms with Crippen LogP contribution in [-0.2, 0) is 4.74 Å². The van der Waals surface area contributed by atoms with E-state index >= 15 is 0 Å². The van der Waals surface area contributed by atoms with Gasteiger partial charge in [0.2, 0.25) is 0 Å². The maximum Gasteiger partial charge on any atom is 0.0623 e. The molecule has 19 heavy (non-hydrogen) atoms. The number of nitrogens with one attached hydrogen (secondary N) is 1. The summed E-state index contributed by atoms with van der Waals surface area (Å²) >= 11 is 0. The molecule has 0 bridgehead atoms. The Balaban J connectivity index is 2.49. The van der Waals surface area contributed by atoms with Crippen LogP contribution in [0.1, 0.15) is 73.1 Å². The zero-order chi connectivity index (χ0) is 14.5. The van der Waals surface area contributed by atoms with Crippen LogP contribution in [0.4, 0.5) is 0 Å². The Bertz CT molecular complexity index is 250. The zero-order valence-corrected chi connectivity index (χ0v) is 14.0. The molecule has 1 atom stereocenters. The summed E-state index contributed by atoms with van der Waals surface area (Å²) in [5.41, 5.74) is 0.584. The van der Waals surface area contributed by atoms with Gasteiger partial charge in [0.25, 0.3) is 0 Å². The Kier molecular flexibility index (Phi) is 6.32. The minimum atomic E-state index is 0.0155. The summed E-state index contributed by atoms with van der Waals surface area (Å²) in [6.45, 7) is 12.5. The highest BCUT2D eigenvalue weighted by Crippen LogP contribution is 2.40. The standard InChI is InChI=1S/C17H35NO/c1-7-18-15(10-13-17(4,5)19-6)14-8-11-16(2,3)12-9-14/h14-15,18H,7-13H2,1-6H3. The number of methoxy groups -OCH3 is 1. The monoisotopic (exact) mass is 269 g/mol. The van der Waals surface area contributed by atoms with Gasteiger partial charge in [-0.05, 0) is 70.3 Å². The van der Waals surface area contributed by atoms with Gasteiger partial charge in [0.15, 0.2) is 0 Å². The van der Waals surface area contributed by atoms with Crippen molar-refractivity contribution < 1.29 is 4.74 Å². The van der Waals surface area contributed by atoms with E-state index in [0.29, 0.717) is 11.5 Å². The van der Waals surface area contributed by atoms with E-state index in [1.807, 2.05) is 7.11 Å². The van der Waals surface area contributed by atoms with Gasteiger partial charge in [-0.15, -0.1) is 0 Å². The molecule has 0 amide bonds. The number of ether oxygens (including phenoxy) is 1. The second kappa shape index (κ2) is 7.08. The summed E-state index contributed by atoms with van der Waals surface area (Å²) in [4.78, 5) is 0. The van der Waals surface area contributed by atoms with Crippen LogP contribution in [0.3, 0.4) is 0 Å². The molecule has 0 aromatic heterocycles. The SMILES string of the molecule is CCNC(CCC(C)(C)OC)C1CCC(C)(C)CC1. The molecule has 0 saturated heterocycles. The first-order valence-electron chi connectivity index (χ1n) is 8.08. The molecule has 0 spiro atoms. The summed E-state index contributed by atoms with van der Waals surface area (Å²) in [6.07, 6.45) is 7.91. The van der Waals surface area contributed by atoms with Crippen molar-refractivity contribution >= 4 is 0 Å². The summed E-state index contributed by atoms with van der Waals surface area (Å²) in [5.74, 6) is 0.862. The molecule has 114 valence electrons. The van der Waals surface area contributed by atoms with Crippen molar-refractivity contribution in [1.29, 1.82) is 0 Å². The van der Waals surface area contributed by atoms with Gasteiger partial charge in [-0.3, -0.25) is 0 Å². The molecule has 1 aliphatic rings. The largest absolute Gasteiger partial charge is 0.379 e. The zero-order valence-electron chi connectivity index (χ0n) is 14.0. The van der Waals surface area contributed by atoms with Crippen molar-refractivity contribution in [3.8, 4) is 0 Å². The molecule has 0 radical (unpaired) electrons. The maximum atomic E-state index is 5.56. The van der Waals surface area contributed by atoms with Gasteiger partial charge >= 0.3 is 0 Å². The molecule has 0 aromatic rings. The van der Waals surface area contributed by atoms with Crippen molar-refractivity contribution in [2.75, 3.05) is 13.7 Å². The second-order valence-corrected chi connectivity index (χ2v) is 7.67. The molecule has 2 heteroatoms. The third kappa shape index (κ3) is 5.83. The summed E-state index contributed by atoms with van der Waals surface area (Å²) in [7, 11) is 1.82. The van der Waals surface area contributed by atoms with Gasteiger partial charge in [0, 0.05) is 13.2 Å². The van der Waals surface area contributed by atoms with Gasteiger partial charge < -0.3 is 10.1 Å². The quantitative estimate of drug-likeness (QED) is 0.740. The maximum absolute atomic E-state index is 5.56. The molecule has 2 nitrogen and oxygen atoms in total. The van der Waals surface area contributed by atoms with Crippen LogP contribution in [0.15, 0.2) is 0 Å². The van der Waals surface area contributed by atoms with E-state index < -0.39 is 0 Å². The normalized spacial score (nSPS) is 22.4. The highest BCUT2D eigenvalue weighted by atomic mass is 16.5. The molecule has 1 fully saturated rings. The molecule has 1 aliphatic carbocycles. The van der Waals surface area contributed by atoms with Crippen LogP contribution in [0.5, 0.6) is 0 Å². The van der Waals surface area contributed by atoms with E-state index in [1.54, 1.807) is 0 Å². The lowest BCUT2D eigenvalue weighted by Gasteiger charge is -2.39. The van der Waals surface area contributed by atoms with Crippen LogP contribution in [-0.4, -0.2) is 25.3 Å². The Hall–Kier alpha value is -0.0800. The average molecular weight is 269 g/mol. The third-order valence-electron chi connectivity index (χ3n) is 5.03. The molecule has 1 N–H and O–H groups in total. The van der Waals surface area contributed by atoms with Gasteiger partial charge in [0.05, 0.1) is 5.60 Å². The molecule has 1 unspecified atom stereocenters. The summed E-state index contributed by atoms with van der Waals surface area (Å²) < 4.78 is 5.56. The first-order valence-corrected chi connectivity index (χ1v) is 8.08. The van der Waals surface area contributed by atoms with Crippen molar-refractivity contribution in [2.24, 2.45) is 11.3 Å². The lowest BCUT2D eigenvalue weighted by atomic mass is 9.70. The molecular weight excluding hydrogens is 234 g/mol. The molecule has 0 heterocycles. The van der Waals surface area contributed by atoms with Gasteiger partial charge in [-0.2, -0.15) is 0 Å². The molecular formula is C17H35NO. The van der Waals surface area contributed by atoms with E-state index in [2.05, 4.69) is 39.9 Å². The molecule has 1 rings (SSSR count). The lowest BCUT2D eigenvalue weighted by molar-refractivity contribution is 0.00877. The van der Waals surface area contributed by atoms with Crippen molar-refractivity contribution in [3.63, 3.8) is 0 Å². The molecule has 1 saturated carbocycles. The topological polar surface area (TPSA) is 21.3 Å². The van der Waals surface area contributed by atoms with Gasteiger partial charge in [0.1, 0.15) is 0 Å². The van der Waals surface area contributed by atoms with E-state index in [-0.39, 0.29) is 5.60 Å². The average Bonchev–Trinajstić information content (AvgIpc) is 2.35. The number of rotatable bonds is 7. The fourth-order valence-corrected chi connectivity index (χ4v) is 3.20. The highest BCUT2D eigenvalue weighted by molar-refractivity contribution is 4.86. The Labute approximate surface area is 120 Å². The number of hydrogen-bond acceptors (Lipinski definition) is 2. The lowest BCUT2D eigenvalue weighted by Crippen LogP contribution is -2.40.